The molecule has 1 aliphatic heterocycles. The summed E-state index contributed by atoms with van der Waals surface area (Å²) in [5, 5.41) is 0. The van der Waals surface area contributed by atoms with Crippen molar-refractivity contribution >= 4 is 24.0 Å². The van der Waals surface area contributed by atoms with Crippen molar-refractivity contribution in [3.63, 3.8) is 0 Å². The van der Waals surface area contributed by atoms with Gasteiger partial charge in [0.15, 0.2) is 0 Å². The molecule has 0 spiro atoms. The van der Waals surface area contributed by atoms with E-state index in [0.717, 1.165) is 25.7 Å². The minimum absolute atomic E-state index is 0.128. The lowest BCUT2D eigenvalue weighted by Gasteiger charge is -2.29. The summed E-state index contributed by atoms with van der Waals surface area (Å²) < 4.78 is 0. The van der Waals surface area contributed by atoms with Crippen LogP contribution in [0.3, 0.4) is 0 Å². The zero-order valence-electron chi connectivity index (χ0n) is 16.9. The van der Waals surface area contributed by atoms with Crippen molar-refractivity contribution < 1.29 is 9.59 Å². The molecule has 1 heterocycles. The van der Waals surface area contributed by atoms with E-state index in [1.165, 1.54) is 34.6 Å². The third-order valence-corrected chi connectivity index (χ3v) is 4.85. The molecule has 4 rings (SSSR count). The zero-order chi connectivity index (χ0) is 20.9. The van der Waals surface area contributed by atoms with Crippen molar-refractivity contribution in [2.24, 2.45) is 0 Å². The van der Waals surface area contributed by atoms with Crippen molar-refractivity contribution in [1.29, 1.82) is 0 Å². The first kappa shape index (κ1) is 22.1. The summed E-state index contributed by atoms with van der Waals surface area (Å²) >= 11 is 0. The number of nitrogens with zero attached hydrogens (tertiary/aromatic N) is 1. The lowest BCUT2D eigenvalue weighted by Crippen LogP contribution is -2.41. The van der Waals surface area contributed by atoms with Crippen molar-refractivity contribution in [3.05, 3.63) is 97.1 Å². The Hall–Kier alpha value is -3.20. The molecule has 3 heteroatoms. The van der Waals surface area contributed by atoms with Crippen LogP contribution < -0.4 is 0 Å². The predicted molar refractivity (Wildman–Crippen MR) is 121 cm³/mol. The molecule has 150 valence electrons. The quantitative estimate of drug-likeness (QED) is 0.615. The van der Waals surface area contributed by atoms with E-state index in [1.807, 2.05) is 72.8 Å². The molecule has 0 N–H and O–H groups in total. The fraction of sp³-hybridized carbons (Fsp3) is 0.231. The number of hydrogen-bond donors (Lipinski definition) is 0. The van der Waals surface area contributed by atoms with Gasteiger partial charge in [-0.15, -0.1) is 0 Å². The second-order valence-corrected chi connectivity index (χ2v) is 6.90. The highest BCUT2D eigenvalue weighted by atomic mass is 16.2. The molecule has 0 bridgehead atoms. The number of carbonyl (C=O) groups excluding carboxylic acids is 2. The first-order chi connectivity index (χ1) is 14.2. The Morgan fingerprint density at radius 1 is 0.690 bits per heavy atom. The Kier molecular flexibility index (Phi) is 9.37. The highest BCUT2D eigenvalue weighted by molar-refractivity contribution is 6.13. The topological polar surface area (TPSA) is 37.4 Å². The summed E-state index contributed by atoms with van der Waals surface area (Å²) in [7, 11) is 0. The van der Waals surface area contributed by atoms with E-state index in [-0.39, 0.29) is 17.9 Å². The first-order valence-electron chi connectivity index (χ1n) is 10.1. The number of carbonyl (C=O) groups is 2. The standard InChI is InChI=1S/C10H13NO2.2C8H8/c12-9-6-7-10(13)11(9)8-4-2-1-3-5-8;2*1-2-8-6-4-3-5-7-8/h6-8H,1-5H2;2*2-7H,1H2. The molecule has 0 saturated heterocycles. The lowest BCUT2D eigenvalue weighted by atomic mass is 9.94. The Labute approximate surface area is 174 Å². The van der Waals surface area contributed by atoms with Crippen LogP contribution in [-0.4, -0.2) is 22.8 Å². The molecule has 3 nitrogen and oxygen atoms in total. The van der Waals surface area contributed by atoms with E-state index >= 15 is 0 Å². The molecule has 0 unspecified atom stereocenters. The van der Waals surface area contributed by atoms with Crippen LogP contribution in [-0.2, 0) is 9.59 Å². The molecule has 0 radical (unpaired) electrons. The molecule has 1 aliphatic carbocycles. The lowest BCUT2D eigenvalue weighted by molar-refractivity contribution is -0.140. The molecule has 2 aliphatic rings. The number of hydrogen-bond acceptors (Lipinski definition) is 2. The smallest absolute Gasteiger partial charge is 0.253 e. The van der Waals surface area contributed by atoms with E-state index in [4.69, 9.17) is 0 Å². The minimum Gasteiger partial charge on any atom is -0.272 e. The molecule has 29 heavy (non-hydrogen) atoms. The fourth-order valence-electron chi connectivity index (χ4n) is 3.29. The van der Waals surface area contributed by atoms with Gasteiger partial charge in [0.1, 0.15) is 0 Å². The van der Waals surface area contributed by atoms with Crippen molar-refractivity contribution in [2.45, 2.75) is 38.1 Å². The minimum atomic E-state index is -0.128. The van der Waals surface area contributed by atoms with Gasteiger partial charge in [0.25, 0.3) is 11.8 Å². The number of amides is 2. The Bertz CT molecular complexity index is 757. The van der Waals surface area contributed by atoms with Gasteiger partial charge in [-0.25, -0.2) is 0 Å². The zero-order valence-corrected chi connectivity index (χ0v) is 16.9. The average molecular weight is 388 g/mol. The van der Waals surface area contributed by atoms with Crippen molar-refractivity contribution in [1.82, 2.24) is 4.90 Å². The second kappa shape index (κ2) is 12.3. The second-order valence-electron chi connectivity index (χ2n) is 6.90. The maximum atomic E-state index is 11.3. The average Bonchev–Trinajstić information content (AvgIpc) is 3.14. The van der Waals surface area contributed by atoms with E-state index in [9.17, 15) is 9.59 Å². The highest BCUT2D eigenvalue weighted by Crippen LogP contribution is 2.24. The van der Waals surface area contributed by atoms with Gasteiger partial charge in [0.05, 0.1) is 0 Å². The monoisotopic (exact) mass is 387 g/mol. The van der Waals surface area contributed by atoms with Crippen LogP contribution >= 0.6 is 0 Å². The fourth-order valence-corrected chi connectivity index (χ4v) is 3.29. The normalized spacial score (nSPS) is 15.7. The summed E-state index contributed by atoms with van der Waals surface area (Å²) in [5.74, 6) is -0.256. The summed E-state index contributed by atoms with van der Waals surface area (Å²) in [5.41, 5.74) is 2.35. The molecule has 2 aromatic rings. The van der Waals surface area contributed by atoms with E-state index in [2.05, 4.69) is 13.2 Å². The van der Waals surface area contributed by atoms with Crippen LogP contribution in [0, 0.1) is 0 Å². The van der Waals surface area contributed by atoms with Crippen molar-refractivity contribution in [3.8, 4) is 0 Å². The predicted octanol–water partition coefficient (Wildman–Crippen LogP) is 5.90. The Balaban J connectivity index is 0.000000164. The molecule has 1 fully saturated rings. The Morgan fingerprint density at radius 3 is 1.45 bits per heavy atom. The summed E-state index contributed by atoms with van der Waals surface area (Å²) in [6.07, 6.45) is 11.9. The van der Waals surface area contributed by atoms with Crippen LogP contribution in [0.4, 0.5) is 0 Å². The first-order valence-corrected chi connectivity index (χ1v) is 10.1. The third kappa shape index (κ3) is 7.38. The molecular weight excluding hydrogens is 358 g/mol. The summed E-state index contributed by atoms with van der Waals surface area (Å²) in [6.45, 7) is 7.26. The van der Waals surface area contributed by atoms with Gasteiger partial charge in [-0.2, -0.15) is 0 Å². The van der Waals surface area contributed by atoms with Gasteiger partial charge in [-0.1, -0.05) is 105 Å². The summed E-state index contributed by atoms with van der Waals surface area (Å²) in [6, 6.07) is 20.2. The van der Waals surface area contributed by atoms with Crippen LogP contribution in [0.25, 0.3) is 12.2 Å². The van der Waals surface area contributed by atoms with Gasteiger partial charge < -0.3 is 0 Å². The van der Waals surface area contributed by atoms with Crippen LogP contribution in [0.1, 0.15) is 43.2 Å². The van der Waals surface area contributed by atoms with E-state index < -0.39 is 0 Å². The van der Waals surface area contributed by atoms with Gasteiger partial charge in [-0.05, 0) is 24.0 Å². The Morgan fingerprint density at radius 2 is 1.10 bits per heavy atom. The largest absolute Gasteiger partial charge is 0.272 e. The molecular formula is C26H29NO2. The molecule has 2 aromatic carbocycles. The molecule has 1 saturated carbocycles. The van der Waals surface area contributed by atoms with E-state index in [1.54, 1.807) is 0 Å². The third-order valence-electron chi connectivity index (χ3n) is 4.85. The SMILES string of the molecule is C=Cc1ccccc1.C=Cc1ccccc1.O=C1C=CC(=O)N1C1CCCCC1. The molecule has 0 aromatic heterocycles. The number of imide groups is 1. The molecule has 0 atom stereocenters. The van der Waals surface area contributed by atoms with Crippen molar-refractivity contribution in [2.75, 3.05) is 0 Å². The maximum absolute atomic E-state index is 11.3. The van der Waals surface area contributed by atoms with Gasteiger partial charge >= 0.3 is 0 Å². The van der Waals surface area contributed by atoms with Gasteiger partial charge in [0.2, 0.25) is 0 Å². The van der Waals surface area contributed by atoms with E-state index in [0.29, 0.717) is 0 Å². The molecule has 2 amide bonds. The van der Waals surface area contributed by atoms with Gasteiger partial charge in [-0.3, -0.25) is 14.5 Å². The number of benzene rings is 2. The van der Waals surface area contributed by atoms with Gasteiger partial charge in [0, 0.05) is 18.2 Å². The maximum Gasteiger partial charge on any atom is 0.253 e. The van der Waals surface area contributed by atoms with Crippen LogP contribution in [0.2, 0.25) is 0 Å². The summed E-state index contributed by atoms with van der Waals surface area (Å²) in [4.78, 5) is 24.0. The highest BCUT2D eigenvalue weighted by Gasteiger charge is 2.31. The number of rotatable bonds is 3. The van der Waals surface area contributed by atoms with Crippen LogP contribution in [0.5, 0.6) is 0 Å². The van der Waals surface area contributed by atoms with Crippen LogP contribution in [0.15, 0.2) is 86.0 Å².